The summed E-state index contributed by atoms with van der Waals surface area (Å²) in [4.78, 5) is 45.9. The Balaban J connectivity index is 3.90. The van der Waals surface area contributed by atoms with Gasteiger partial charge >= 0.3 is 19.8 Å². The van der Waals surface area contributed by atoms with Crippen molar-refractivity contribution in [2.75, 3.05) is 19.8 Å². The number of phosphoric ester groups is 1. The monoisotopic (exact) mass is 828 g/mol. The van der Waals surface area contributed by atoms with E-state index in [0.29, 0.717) is 12.8 Å². The van der Waals surface area contributed by atoms with Crippen LogP contribution in [-0.2, 0) is 32.7 Å². The molecule has 3 atom stereocenters. The number of aliphatic carboxylic acids is 1. The average molecular weight is 828 g/mol. The first-order valence-corrected chi connectivity index (χ1v) is 24.0. The van der Waals surface area contributed by atoms with Crippen LogP contribution in [-0.4, -0.2) is 64.9 Å². The number of esters is 1. The molecule has 3 unspecified atom stereocenters. The number of allylic oxidation sites excluding steroid dienone is 6. The summed E-state index contributed by atoms with van der Waals surface area (Å²) < 4.78 is 26.8. The molecule has 4 N–H and O–H groups in total. The number of aliphatic hydroxyl groups is 1. The molecule has 11 nitrogen and oxygen atoms in total. The van der Waals surface area contributed by atoms with Crippen molar-refractivity contribution >= 4 is 25.7 Å². The van der Waals surface area contributed by atoms with E-state index in [0.717, 1.165) is 77.0 Å². The van der Waals surface area contributed by atoms with Crippen LogP contribution in [0.1, 0.15) is 200 Å². The van der Waals surface area contributed by atoms with E-state index in [-0.39, 0.29) is 12.8 Å². The molecule has 57 heavy (non-hydrogen) atoms. The van der Waals surface area contributed by atoms with Gasteiger partial charge in [0, 0.05) is 12.8 Å². The fourth-order valence-electron chi connectivity index (χ4n) is 6.10. The lowest BCUT2D eigenvalue weighted by Gasteiger charge is -2.18. The number of carbonyl (C=O) groups excluding carboxylic acids is 2. The van der Waals surface area contributed by atoms with Gasteiger partial charge in [0.1, 0.15) is 12.7 Å². The minimum absolute atomic E-state index is 0.140. The van der Waals surface area contributed by atoms with E-state index in [2.05, 4.69) is 55.6 Å². The Hall–Kier alpha value is -2.30. The molecule has 0 fully saturated rings. The molecular weight excluding hydrogens is 745 g/mol. The van der Waals surface area contributed by atoms with Gasteiger partial charge in [0.2, 0.25) is 5.91 Å². The van der Waals surface area contributed by atoms with E-state index in [1.54, 1.807) is 0 Å². The third-order valence-electron chi connectivity index (χ3n) is 9.65. The second-order valence-corrected chi connectivity index (χ2v) is 16.7. The molecule has 0 heterocycles. The number of carboxylic acids is 1. The number of phosphoric acid groups is 1. The van der Waals surface area contributed by atoms with Gasteiger partial charge in [-0.05, 0) is 70.6 Å². The normalized spacial score (nSPS) is 14.0. The zero-order valence-corrected chi connectivity index (χ0v) is 36.8. The predicted octanol–water partition coefficient (Wildman–Crippen LogP) is 11.6. The molecule has 0 aliphatic rings. The SMILES string of the molecule is CCCCC/C=C\C/C=C\CCCCCCCCCCCC(=O)NC(COP(=O)(O)OCC(O)COC(=O)CCCCCCC/C=C\CCCCCCC)C(=O)O. The lowest BCUT2D eigenvalue weighted by atomic mass is 10.1. The van der Waals surface area contributed by atoms with Gasteiger partial charge < -0.3 is 25.2 Å². The third kappa shape index (κ3) is 40.3. The van der Waals surface area contributed by atoms with Crippen LogP contribution < -0.4 is 5.32 Å². The summed E-state index contributed by atoms with van der Waals surface area (Å²) in [5, 5.41) is 21.8. The molecule has 0 bridgehead atoms. The number of hydrogen-bond donors (Lipinski definition) is 4. The second-order valence-electron chi connectivity index (χ2n) is 15.2. The number of unbranched alkanes of at least 4 members (excludes halogenated alkanes) is 22. The van der Waals surface area contributed by atoms with E-state index in [4.69, 9.17) is 13.8 Å². The number of ether oxygens (including phenoxy) is 1. The summed E-state index contributed by atoms with van der Waals surface area (Å²) in [6.07, 6.45) is 43.0. The van der Waals surface area contributed by atoms with Crippen molar-refractivity contribution in [3.63, 3.8) is 0 Å². The van der Waals surface area contributed by atoms with Gasteiger partial charge in [-0.2, -0.15) is 0 Å². The number of carboxylic acid groups (broad SMARTS) is 1. The smallest absolute Gasteiger partial charge is 0.472 e. The highest BCUT2D eigenvalue weighted by atomic mass is 31.2. The van der Waals surface area contributed by atoms with E-state index < -0.39 is 57.6 Å². The molecule has 0 saturated heterocycles. The Morgan fingerprint density at radius 3 is 1.47 bits per heavy atom. The lowest BCUT2D eigenvalue weighted by Crippen LogP contribution is -2.43. The van der Waals surface area contributed by atoms with Crippen molar-refractivity contribution in [3.8, 4) is 0 Å². The Bertz CT molecular complexity index is 1110. The van der Waals surface area contributed by atoms with Gasteiger partial charge in [-0.3, -0.25) is 18.6 Å². The molecule has 0 aliphatic carbocycles. The van der Waals surface area contributed by atoms with E-state index >= 15 is 0 Å². The molecule has 0 spiro atoms. The summed E-state index contributed by atoms with van der Waals surface area (Å²) in [6.45, 7) is 2.55. The van der Waals surface area contributed by atoms with Gasteiger partial charge in [-0.1, -0.05) is 153 Å². The topological polar surface area (TPSA) is 169 Å². The zero-order chi connectivity index (χ0) is 42.1. The lowest BCUT2D eigenvalue weighted by molar-refractivity contribution is -0.147. The molecule has 0 aromatic carbocycles. The number of hydrogen-bond acceptors (Lipinski definition) is 8. The largest absolute Gasteiger partial charge is 0.480 e. The van der Waals surface area contributed by atoms with Crippen molar-refractivity contribution in [2.24, 2.45) is 0 Å². The van der Waals surface area contributed by atoms with Gasteiger partial charge in [-0.25, -0.2) is 9.36 Å². The molecule has 0 aliphatic heterocycles. The van der Waals surface area contributed by atoms with E-state index in [9.17, 15) is 34.1 Å². The predicted molar refractivity (Wildman–Crippen MR) is 231 cm³/mol. The van der Waals surface area contributed by atoms with Crippen molar-refractivity contribution in [1.29, 1.82) is 0 Å². The number of aliphatic hydroxyl groups excluding tert-OH is 1. The minimum atomic E-state index is -4.76. The highest BCUT2D eigenvalue weighted by molar-refractivity contribution is 7.47. The zero-order valence-electron chi connectivity index (χ0n) is 35.9. The standard InChI is InChI=1S/C45H82NO10P/c1-3-5-7-9-11-13-15-17-19-20-21-22-23-24-26-28-30-32-34-36-43(48)46-42(45(50)51)40-56-57(52,53)55-39-41(47)38-54-44(49)37-35-33-31-29-27-25-18-16-14-12-10-8-6-4-2/h11,13,16-19,41-42,47H,3-10,12,14-15,20-40H2,1-2H3,(H,46,48)(H,50,51)(H,52,53)/b13-11-,18-16-,19-17-. The van der Waals surface area contributed by atoms with Crippen LogP contribution in [0.4, 0.5) is 0 Å². The first-order valence-electron chi connectivity index (χ1n) is 22.5. The Morgan fingerprint density at radius 1 is 0.561 bits per heavy atom. The first-order chi connectivity index (χ1) is 27.6. The molecule has 0 rings (SSSR count). The summed E-state index contributed by atoms with van der Waals surface area (Å²) in [5.41, 5.74) is 0. The first kappa shape index (κ1) is 54.7. The molecular formula is C45H82NO10P. The molecule has 0 aromatic heterocycles. The van der Waals surface area contributed by atoms with Crippen LogP contribution in [0.3, 0.4) is 0 Å². The average Bonchev–Trinajstić information content (AvgIpc) is 3.18. The van der Waals surface area contributed by atoms with Gasteiger partial charge in [0.15, 0.2) is 6.04 Å². The molecule has 1 amide bonds. The quantitative estimate of drug-likeness (QED) is 0.0201. The summed E-state index contributed by atoms with van der Waals surface area (Å²) in [6, 6.07) is -1.55. The highest BCUT2D eigenvalue weighted by Crippen LogP contribution is 2.43. The van der Waals surface area contributed by atoms with E-state index in [1.165, 1.54) is 83.5 Å². The Kier molecular flexibility index (Phi) is 38.8. The summed E-state index contributed by atoms with van der Waals surface area (Å²) >= 11 is 0. The highest BCUT2D eigenvalue weighted by Gasteiger charge is 2.28. The number of carbonyl (C=O) groups is 3. The Morgan fingerprint density at radius 2 is 0.965 bits per heavy atom. The van der Waals surface area contributed by atoms with Crippen LogP contribution in [0.15, 0.2) is 36.5 Å². The molecule has 0 radical (unpaired) electrons. The molecule has 12 heteroatoms. The van der Waals surface area contributed by atoms with Crippen molar-refractivity contribution in [2.45, 2.75) is 212 Å². The third-order valence-corrected chi connectivity index (χ3v) is 10.6. The van der Waals surface area contributed by atoms with Crippen molar-refractivity contribution in [1.82, 2.24) is 5.32 Å². The van der Waals surface area contributed by atoms with Crippen LogP contribution >= 0.6 is 7.82 Å². The maximum Gasteiger partial charge on any atom is 0.472 e. The fourth-order valence-corrected chi connectivity index (χ4v) is 6.88. The van der Waals surface area contributed by atoms with Gasteiger partial charge in [0.05, 0.1) is 13.2 Å². The van der Waals surface area contributed by atoms with Crippen LogP contribution in [0.25, 0.3) is 0 Å². The van der Waals surface area contributed by atoms with Gasteiger partial charge in [-0.15, -0.1) is 0 Å². The minimum Gasteiger partial charge on any atom is -0.480 e. The number of nitrogens with one attached hydrogen (secondary N) is 1. The van der Waals surface area contributed by atoms with Crippen LogP contribution in [0.5, 0.6) is 0 Å². The van der Waals surface area contributed by atoms with Crippen molar-refractivity contribution < 1.29 is 47.8 Å². The van der Waals surface area contributed by atoms with E-state index in [1.807, 2.05) is 0 Å². The molecule has 0 aromatic rings. The number of rotatable bonds is 42. The summed E-state index contributed by atoms with van der Waals surface area (Å²) in [5.74, 6) is -2.38. The molecule has 332 valence electrons. The molecule has 0 saturated carbocycles. The Labute approximate surface area is 346 Å². The second kappa shape index (κ2) is 40.5. The summed E-state index contributed by atoms with van der Waals surface area (Å²) in [7, 11) is -4.76. The van der Waals surface area contributed by atoms with Crippen molar-refractivity contribution in [3.05, 3.63) is 36.5 Å². The maximum absolute atomic E-state index is 12.3. The maximum atomic E-state index is 12.3. The van der Waals surface area contributed by atoms with Crippen LogP contribution in [0.2, 0.25) is 0 Å². The number of amides is 1. The fraction of sp³-hybridized carbons (Fsp3) is 0.800. The van der Waals surface area contributed by atoms with Gasteiger partial charge in [0.25, 0.3) is 0 Å². The van der Waals surface area contributed by atoms with Crippen LogP contribution in [0, 0.1) is 0 Å².